The van der Waals surface area contributed by atoms with E-state index in [0.717, 1.165) is 5.70 Å². The zero-order valence-corrected chi connectivity index (χ0v) is 7.12. The molecule has 0 aliphatic carbocycles. The van der Waals surface area contributed by atoms with E-state index in [1.165, 1.54) is 10.9 Å². The molecule has 0 unspecified atom stereocenters. The molecule has 0 atom stereocenters. The average molecular weight is 157 g/mol. The summed E-state index contributed by atoms with van der Waals surface area (Å²) in [5.74, 6) is 0. The molecule has 2 aromatic rings. The zero-order valence-electron chi connectivity index (χ0n) is 7.12. The maximum absolute atomic E-state index is 3.91. The molecule has 1 aromatic heterocycles. The number of hydrogen-bond acceptors (Lipinski definition) is 0. The molecule has 1 nitrogen and oxygen atoms in total. The Morgan fingerprint density at radius 2 is 2.00 bits per heavy atom. The highest BCUT2D eigenvalue weighted by atomic mass is 15.0. The standard InChI is InChI=1S/C11H11N/c1-9(2)12-8-7-10-5-3-4-6-11(10)12/h3-8H,1H2,2H3. The van der Waals surface area contributed by atoms with Crippen LogP contribution in [-0.4, -0.2) is 4.57 Å². The molecule has 60 valence electrons. The third-order valence-electron chi connectivity index (χ3n) is 2.01. The van der Waals surface area contributed by atoms with Crippen molar-refractivity contribution >= 4 is 16.6 Å². The number of allylic oxidation sites excluding steroid dienone is 1. The first-order valence-electron chi connectivity index (χ1n) is 4.01. The van der Waals surface area contributed by atoms with Gasteiger partial charge >= 0.3 is 0 Å². The Balaban J connectivity index is 2.79. The summed E-state index contributed by atoms with van der Waals surface area (Å²) in [6, 6.07) is 10.4. The van der Waals surface area contributed by atoms with Crippen molar-refractivity contribution in [2.75, 3.05) is 0 Å². The molecule has 0 saturated carbocycles. The molecule has 1 heterocycles. The van der Waals surface area contributed by atoms with Crippen LogP contribution in [0.5, 0.6) is 0 Å². The van der Waals surface area contributed by atoms with Crippen LogP contribution in [0.4, 0.5) is 0 Å². The minimum absolute atomic E-state index is 1.05. The van der Waals surface area contributed by atoms with Gasteiger partial charge in [0.15, 0.2) is 0 Å². The lowest BCUT2D eigenvalue weighted by Gasteiger charge is -2.01. The van der Waals surface area contributed by atoms with Crippen LogP contribution in [0.15, 0.2) is 43.1 Å². The molecule has 0 radical (unpaired) electrons. The highest BCUT2D eigenvalue weighted by Crippen LogP contribution is 2.17. The van der Waals surface area contributed by atoms with Crippen molar-refractivity contribution in [1.29, 1.82) is 0 Å². The van der Waals surface area contributed by atoms with Gasteiger partial charge in [-0.3, -0.25) is 0 Å². The number of fused-ring (bicyclic) bond motifs is 1. The van der Waals surface area contributed by atoms with Crippen molar-refractivity contribution in [2.45, 2.75) is 6.92 Å². The van der Waals surface area contributed by atoms with Crippen LogP contribution in [-0.2, 0) is 0 Å². The van der Waals surface area contributed by atoms with Crippen LogP contribution in [0, 0.1) is 0 Å². The van der Waals surface area contributed by atoms with Crippen LogP contribution in [0.1, 0.15) is 6.92 Å². The second-order valence-corrected chi connectivity index (χ2v) is 2.98. The summed E-state index contributed by atoms with van der Waals surface area (Å²) in [6.45, 7) is 5.92. The van der Waals surface area contributed by atoms with Gasteiger partial charge in [-0.25, -0.2) is 0 Å². The van der Waals surface area contributed by atoms with E-state index in [9.17, 15) is 0 Å². The van der Waals surface area contributed by atoms with E-state index < -0.39 is 0 Å². The Labute approximate surface area is 71.9 Å². The number of aromatic nitrogens is 1. The van der Waals surface area contributed by atoms with Gasteiger partial charge in [-0.05, 0) is 24.4 Å². The van der Waals surface area contributed by atoms with Gasteiger partial charge in [0.1, 0.15) is 0 Å². The van der Waals surface area contributed by atoms with Gasteiger partial charge in [0, 0.05) is 11.9 Å². The highest BCUT2D eigenvalue weighted by Gasteiger charge is 1.97. The Hall–Kier alpha value is -1.50. The normalized spacial score (nSPS) is 10.4. The van der Waals surface area contributed by atoms with Crippen LogP contribution in [0.3, 0.4) is 0 Å². The van der Waals surface area contributed by atoms with E-state index in [-0.39, 0.29) is 0 Å². The molecule has 0 N–H and O–H groups in total. The molecule has 0 saturated heterocycles. The molecule has 12 heavy (non-hydrogen) atoms. The number of benzene rings is 1. The predicted molar refractivity (Wildman–Crippen MR) is 52.9 cm³/mol. The van der Waals surface area contributed by atoms with Gasteiger partial charge in [-0.15, -0.1) is 0 Å². The number of para-hydroxylation sites is 1. The van der Waals surface area contributed by atoms with Gasteiger partial charge in [0.25, 0.3) is 0 Å². The van der Waals surface area contributed by atoms with Crippen molar-refractivity contribution in [1.82, 2.24) is 4.57 Å². The molecule has 0 spiro atoms. The van der Waals surface area contributed by atoms with E-state index in [4.69, 9.17) is 0 Å². The zero-order chi connectivity index (χ0) is 8.55. The molecule has 2 rings (SSSR count). The SMILES string of the molecule is C=C(C)n1ccc2ccccc21. The van der Waals surface area contributed by atoms with Crippen molar-refractivity contribution in [2.24, 2.45) is 0 Å². The molecule has 0 aliphatic heterocycles. The van der Waals surface area contributed by atoms with Crippen molar-refractivity contribution < 1.29 is 0 Å². The van der Waals surface area contributed by atoms with Gasteiger partial charge < -0.3 is 4.57 Å². The van der Waals surface area contributed by atoms with Crippen LogP contribution in [0.25, 0.3) is 16.6 Å². The fourth-order valence-corrected chi connectivity index (χ4v) is 1.42. The summed E-state index contributed by atoms with van der Waals surface area (Å²) >= 11 is 0. The van der Waals surface area contributed by atoms with Gasteiger partial charge in [0.2, 0.25) is 0 Å². The van der Waals surface area contributed by atoms with Crippen molar-refractivity contribution in [3.05, 3.63) is 43.1 Å². The first-order chi connectivity index (χ1) is 5.79. The monoisotopic (exact) mass is 157 g/mol. The summed E-state index contributed by atoms with van der Waals surface area (Å²) in [5.41, 5.74) is 2.28. The summed E-state index contributed by atoms with van der Waals surface area (Å²) in [6.07, 6.45) is 2.05. The molecule has 1 aromatic carbocycles. The molecular weight excluding hydrogens is 146 g/mol. The quantitative estimate of drug-likeness (QED) is 0.599. The number of rotatable bonds is 1. The summed E-state index contributed by atoms with van der Waals surface area (Å²) in [4.78, 5) is 0. The van der Waals surface area contributed by atoms with Gasteiger partial charge in [-0.1, -0.05) is 24.8 Å². The maximum Gasteiger partial charge on any atom is 0.0524 e. The third kappa shape index (κ3) is 0.944. The minimum atomic E-state index is 1.05. The summed E-state index contributed by atoms with van der Waals surface area (Å²) < 4.78 is 2.09. The first-order valence-corrected chi connectivity index (χ1v) is 4.01. The largest absolute Gasteiger partial charge is 0.321 e. The molecule has 0 fully saturated rings. The van der Waals surface area contributed by atoms with E-state index in [1.807, 2.05) is 25.3 Å². The fourth-order valence-electron chi connectivity index (χ4n) is 1.42. The van der Waals surface area contributed by atoms with E-state index in [2.05, 4.69) is 29.3 Å². The lowest BCUT2D eigenvalue weighted by atomic mass is 10.2. The molecule has 0 aliphatic rings. The Morgan fingerprint density at radius 1 is 1.25 bits per heavy atom. The summed E-state index contributed by atoms with van der Waals surface area (Å²) in [7, 11) is 0. The third-order valence-corrected chi connectivity index (χ3v) is 2.01. The molecule has 0 bridgehead atoms. The molecule has 0 amide bonds. The van der Waals surface area contributed by atoms with Crippen LogP contribution >= 0.6 is 0 Å². The first kappa shape index (κ1) is 7.17. The summed E-state index contributed by atoms with van der Waals surface area (Å²) in [5, 5.41) is 1.26. The molecule has 1 heteroatoms. The highest BCUT2D eigenvalue weighted by molar-refractivity contribution is 5.82. The second-order valence-electron chi connectivity index (χ2n) is 2.98. The van der Waals surface area contributed by atoms with Crippen molar-refractivity contribution in [3.63, 3.8) is 0 Å². The Morgan fingerprint density at radius 3 is 2.75 bits per heavy atom. The van der Waals surface area contributed by atoms with Crippen LogP contribution < -0.4 is 0 Å². The Kier molecular flexibility index (Phi) is 1.51. The number of nitrogens with zero attached hydrogens (tertiary/aromatic N) is 1. The second kappa shape index (κ2) is 2.52. The van der Waals surface area contributed by atoms with Gasteiger partial charge in [-0.2, -0.15) is 0 Å². The Bertz CT molecular complexity index is 423. The molecular formula is C11H11N. The van der Waals surface area contributed by atoms with E-state index >= 15 is 0 Å². The minimum Gasteiger partial charge on any atom is -0.321 e. The lowest BCUT2D eigenvalue weighted by Crippen LogP contribution is -1.87. The fraction of sp³-hybridized carbons (Fsp3) is 0.0909. The van der Waals surface area contributed by atoms with Crippen molar-refractivity contribution in [3.8, 4) is 0 Å². The van der Waals surface area contributed by atoms with Crippen LogP contribution in [0.2, 0.25) is 0 Å². The lowest BCUT2D eigenvalue weighted by molar-refractivity contribution is 1.15. The van der Waals surface area contributed by atoms with E-state index in [0.29, 0.717) is 0 Å². The average Bonchev–Trinajstić information content (AvgIpc) is 2.47. The predicted octanol–water partition coefficient (Wildman–Crippen LogP) is 3.13. The van der Waals surface area contributed by atoms with E-state index in [1.54, 1.807) is 0 Å². The smallest absolute Gasteiger partial charge is 0.0524 e. The topological polar surface area (TPSA) is 4.93 Å². The number of hydrogen-bond donors (Lipinski definition) is 0. The maximum atomic E-state index is 3.91. The van der Waals surface area contributed by atoms with Gasteiger partial charge in [0.05, 0.1) is 5.52 Å².